The zero-order valence-electron chi connectivity index (χ0n) is 8.34. The fourth-order valence-electron chi connectivity index (χ4n) is 1.06. The lowest BCUT2D eigenvalue weighted by Gasteiger charge is -2.12. The first-order valence-corrected chi connectivity index (χ1v) is 5.55. The molecule has 0 saturated heterocycles. The van der Waals surface area contributed by atoms with Crippen molar-refractivity contribution < 1.29 is 0 Å². The highest BCUT2D eigenvalue weighted by Crippen LogP contribution is 2.18. The molecule has 72 valence electrons. The van der Waals surface area contributed by atoms with E-state index in [4.69, 9.17) is 0 Å². The van der Waals surface area contributed by atoms with Gasteiger partial charge < -0.3 is 5.32 Å². The number of thiophene rings is 1. The summed E-state index contributed by atoms with van der Waals surface area (Å²) in [5.74, 6) is 0. The maximum absolute atomic E-state index is 3.97. The first-order valence-electron chi connectivity index (χ1n) is 4.67. The molecule has 0 radical (unpaired) electrons. The highest BCUT2D eigenvalue weighted by Gasteiger charge is 2.04. The molecule has 0 spiro atoms. The fourth-order valence-corrected chi connectivity index (χ4v) is 1.82. The molecule has 13 heavy (non-hydrogen) atoms. The fraction of sp³-hybridized carbons (Fsp3) is 0.455. The Bertz CT molecular complexity index is 251. The summed E-state index contributed by atoms with van der Waals surface area (Å²) in [5, 5.41) is 5.56. The summed E-state index contributed by atoms with van der Waals surface area (Å²) >= 11 is 1.80. The minimum Gasteiger partial charge on any atom is -0.306 e. The molecule has 1 aromatic heterocycles. The molecule has 0 aromatic carbocycles. The molecule has 0 unspecified atom stereocenters. The van der Waals surface area contributed by atoms with Gasteiger partial charge in [-0.1, -0.05) is 25.1 Å². The third kappa shape index (κ3) is 3.33. The molecule has 2 heteroatoms. The van der Waals surface area contributed by atoms with Gasteiger partial charge >= 0.3 is 0 Å². The van der Waals surface area contributed by atoms with E-state index in [1.807, 2.05) is 0 Å². The van der Waals surface area contributed by atoms with Crippen molar-refractivity contribution >= 4 is 11.3 Å². The molecule has 0 saturated carbocycles. The Labute approximate surface area is 84.5 Å². The highest BCUT2D eigenvalue weighted by molar-refractivity contribution is 7.10. The van der Waals surface area contributed by atoms with Gasteiger partial charge in [0.15, 0.2) is 0 Å². The standard InChI is InChI=1S/C11H17NS/c1-4-9(2)8-12-10(3)11-6-5-7-13-11/h5-7,10,12H,2,4,8H2,1,3H3/t10-/m1/s1. The summed E-state index contributed by atoms with van der Waals surface area (Å²) < 4.78 is 0. The van der Waals surface area contributed by atoms with Crippen LogP contribution in [0.3, 0.4) is 0 Å². The van der Waals surface area contributed by atoms with Crippen molar-refractivity contribution in [3.05, 3.63) is 34.5 Å². The van der Waals surface area contributed by atoms with Crippen LogP contribution in [0.5, 0.6) is 0 Å². The van der Waals surface area contributed by atoms with Crippen LogP contribution in [-0.4, -0.2) is 6.54 Å². The third-order valence-corrected chi connectivity index (χ3v) is 3.18. The Balaban J connectivity index is 2.34. The molecule has 0 bridgehead atoms. The number of nitrogens with one attached hydrogen (secondary N) is 1. The smallest absolute Gasteiger partial charge is 0.0388 e. The minimum atomic E-state index is 0.447. The zero-order chi connectivity index (χ0) is 9.68. The highest BCUT2D eigenvalue weighted by atomic mass is 32.1. The summed E-state index contributed by atoms with van der Waals surface area (Å²) in [5.41, 5.74) is 1.27. The Morgan fingerprint density at radius 1 is 1.69 bits per heavy atom. The number of rotatable bonds is 5. The summed E-state index contributed by atoms with van der Waals surface area (Å²) in [7, 11) is 0. The van der Waals surface area contributed by atoms with Crippen LogP contribution in [0.2, 0.25) is 0 Å². The first-order chi connectivity index (χ1) is 6.24. The average Bonchev–Trinajstić information content (AvgIpc) is 2.66. The lowest BCUT2D eigenvalue weighted by molar-refractivity contribution is 0.611. The van der Waals surface area contributed by atoms with Gasteiger partial charge in [-0.05, 0) is 24.8 Å². The molecule has 0 amide bonds. The van der Waals surface area contributed by atoms with Gasteiger partial charge in [0.05, 0.1) is 0 Å². The largest absolute Gasteiger partial charge is 0.306 e. The third-order valence-electron chi connectivity index (χ3n) is 2.13. The van der Waals surface area contributed by atoms with Crippen LogP contribution < -0.4 is 5.32 Å². The number of hydrogen-bond acceptors (Lipinski definition) is 2. The second-order valence-electron chi connectivity index (χ2n) is 3.22. The van der Waals surface area contributed by atoms with Crippen molar-refractivity contribution in [3.63, 3.8) is 0 Å². The van der Waals surface area contributed by atoms with E-state index in [-0.39, 0.29) is 0 Å². The summed E-state index contributed by atoms with van der Waals surface area (Å²) in [6.07, 6.45) is 1.06. The Morgan fingerprint density at radius 3 is 3.00 bits per heavy atom. The van der Waals surface area contributed by atoms with Crippen LogP contribution in [-0.2, 0) is 0 Å². The predicted molar refractivity (Wildman–Crippen MR) is 60.2 cm³/mol. The van der Waals surface area contributed by atoms with Crippen molar-refractivity contribution in [2.45, 2.75) is 26.3 Å². The lowest BCUT2D eigenvalue weighted by Crippen LogP contribution is -2.19. The second-order valence-corrected chi connectivity index (χ2v) is 4.20. The van der Waals surface area contributed by atoms with Gasteiger partial charge in [0, 0.05) is 17.5 Å². The Kier molecular flexibility index (Phi) is 4.19. The molecular formula is C11H17NS. The molecule has 1 N–H and O–H groups in total. The molecule has 0 aliphatic heterocycles. The molecule has 1 nitrogen and oxygen atoms in total. The van der Waals surface area contributed by atoms with Gasteiger partial charge in [-0.25, -0.2) is 0 Å². The van der Waals surface area contributed by atoms with Crippen molar-refractivity contribution in [2.75, 3.05) is 6.54 Å². The van der Waals surface area contributed by atoms with Crippen LogP contribution in [0.1, 0.15) is 31.2 Å². The van der Waals surface area contributed by atoms with Gasteiger partial charge in [-0.2, -0.15) is 0 Å². The van der Waals surface area contributed by atoms with Crippen LogP contribution >= 0.6 is 11.3 Å². The monoisotopic (exact) mass is 195 g/mol. The van der Waals surface area contributed by atoms with E-state index in [2.05, 4.69) is 43.3 Å². The molecule has 1 rings (SSSR count). The quantitative estimate of drug-likeness (QED) is 0.710. The van der Waals surface area contributed by atoms with Crippen molar-refractivity contribution in [2.24, 2.45) is 0 Å². The van der Waals surface area contributed by atoms with Gasteiger partial charge in [-0.3, -0.25) is 0 Å². The van der Waals surface area contributed by atoms with Crippen molar-refractivity contribution in [3.8, 4) is 0 Å². The Morgan fingerprint density at radius 2 is 2.46 bits per heavy atom. The predicted octanol–water partition coefficient (Wildman–Crippen LogP) is 3.36. The molecule has 0 aliphatic carbocycles. The zero-order valence-corrected chi connectivity index (χ0v) is 9.16. The molecule has 1 atom stereocenters. The molecule has 0 fully saturated rings. The van der Waals surface area contributed by atoms with Crippen molar-refractivity contribution in [1.29, 1.82) is 0 Å². The van der Waals surface area contributed by atoms with Crippen LogP contribution in [0.15, 0.2) is 29.7 Å². The van der Waals surface area contributed by atoms with Gasteiger partial charge in [-0.15, -0.1) is 11.3 Å². The van der Waals surface area contributed by atoms with E-state index < -0.39 is 0 Å². The normalized spacial score (nSPS) is 12.8. The maximum Gasteiger partial charge on any atom is 0.0388 e. The van der Waals surface area contributed by atoms with Crippen molar-refractivity contribution in [1.82, 2.24) is 5.32 Å². The average molecular weight is 195 g/mol. The van der Waals surface area contributed by atoms with E-state index in [9.17, 15) is 0 Å². The van der Waals surface area contributed by atoms with E-state index in [1.54, 1.807) is 11.3 Å². The lowest BCUT2D eigenvalue weighted by atomic mass is 10.2. The van der Waals surface area contributed by atoms with Crippen LogP contribution in [0.4, 0.5) is 0 Å². The first kappa shape index (κ1) is 10.5. The van der Waals surface area contributed by atoms with Gasteiger partial charge in [0.25, 0.3) is 0 Å². The van der Waals surface area contributed by atoms with Gasteiger partial charge in [0.2, 0.25) is 0 Å². The molecule has 0 aliphatic rings. The minimum absolute atomic E-state index is 0.447. The summed E-state index contributed by atoms with van der Waals surface area (Å²) in [4.78, 5) is 1.39. The van der Waals surface area contributed by atoms with Crippen LogP contribution in [0.25, 0.3) is 0 Å². The number of hydrogen-bond donors (Lipinski definition) is 1. The van der Waals surface area contributed by atoms with E-state index in [0.29, 0.717) is 6.04 Å². The SMILES string of the molecule is C=C(CC)CN[C@H](C)c1cccs1. The van der Waals surface area contributed by atoms with E-state index >= 15 is 0 Å². The second kappa shape index (κ2) is 5.20. The molecule has 1 aromatic rings. The van der Waals surface area contributed by atoms with E-state index in [0.717, 1.165) is 13.0 Å². The van der Waals surface area contributed by atoms with Gasteiger partial charge in [0.1, 0.15) is 0 Å². The molecule has 1 heterocycles. The maximum atomic E-state index is 3.97. The Hall–Kier alpha value is -0.600. The summed E-state index contributed by atoms with van der Waals surface area (Å²) in [6, 6.07) is 4.70. The van der Waals surface area contributed by atoms with E-state index in [1.165, 1.54) is 10.5 Å². The summed E-state index contributed by atoms with van der Waals surface area (Å²) in [6.45, 7) is 9.22. The van der Waals surface area contributed by atoms with Crippen LogP contribution in [0, 0.1) is 0 Å². The molecular weight excluding hydrogens is 178 g/mol. The topological polar surface area (TPSA) is 12.0 Å².